The molecule has 0 spiro atoms. The highest BCUT2D eigenvalue weighted by Gasteiger charge is 2.09. The SMILES string of the molecule is COc1ncc(C(Cl)Cl)nc1Cl. The van der Waals surface area contributed by atoms with Crippen LogP contribution in [-0.2, 0) is 0 Å². The van der Waals surface area contributed by atoms with E-state index < -0.39 is 4.84 Å². The molecule has 0 saturated heterocycles. The fraction of sp³-hybridized carbons (Fsp3) is 0.333. The zero-order valence-electron chi connectivity index (χ0n) is 6.09. The Morgan fingerprint density at radius 2 is 2.17 bits per heavy atom. The molecule has 0 atom stereocenters. The third-order valence-electron chi connectivity index (χ3n) is 1.13. The van der Waals surface area contributed by atoms with Crippen LogP contribution in [0.25, 0.3) is 0 Å². The molecule has 0 aliphatic carbocycles. The number of aromatic nitrogens is 2. The topological polar surface area (TPSA) is 35.0 Å². The van der Waals surface area contributed by atoms with E-state index in [2.05, 4.69) is 9.97 Å². The van der Waals surface area contributed by atoms with Gasteiger partial charge in [0.2, 0.25) is 0 Å². The van der Waals surface area contributed by atoms with Gasteiger partial charge < -0.3 is 4.74 Å². The van der Waals surface area contributed by atoms with Gasteiger partial charge in [-0.05, 0) is 0 Å². The van der Waals surface area contributed by atoms with E-state index in [9.17, 15) is 0 Å². The van der Waals surface area contributed by atoms with Crippen LogP contribution in [0.4, 0.5) is 0 Å². The molecule has 0 aromatic carbocycles. The Morgan fingerprint density at radius 1 is 1.50 bits per heavy atom. The maximum absolute atomic E-state index is 5.66. The van der Waals surface area contributed by atoms with Gasteiger partial charge in [-0.2, -0.15) is 0 Å². The van der Waals surface area contributed by atoms with Crippen molar-refractivity contribution in [1.82, 2.24) is 9.97 Å². The fourth-order valence-corrected chi connectivity index (χ4v) is 1.04. The zero-order valence-corrected chi connectivity index (χ0v) is 8.36. The number of nitrogens with zero attached hydrogens (tertiary/aromatic N) is 2. The summed E-state index contributed by atoms with van der Waals surface area (Å²) in [5, 5.41) is 0.154. The molecule has 0 aliphatic heterocycles. The van der Waals surface area contributed by atoms with Crippen molar-refractivity contribution in [3.05, 3.63) is 17.0 Å². The monoisotopic (exact) mass is 226 g/mol. The molecule has 0 fully saturated rings. The molecule has 6 heteroatoms. The first-order chi connectivity index (χ1) is 5.65. The molecule has 12 heavy (non-hydrogen) atoms. The van der Waals surface area contributed by atoms with Crippen molar-refractivity contribution in [2.75, 3.05) is 7.11 Å². The normalized spacial score (nSPS) is 10.4. The van der Waals surface area contributed by atoms with E-state index in [0.717, 1.165) is 0 Å². The van der Waals surface area contributed by atoms with Gasteiger partial charge >= 0.3 is 0 Å². The fourth-order valence-electron chi connectivity index (χ4n) is 0.610. The van der Waals surface area contributed by atoms with Gasteiger partial charge in [-0.3, -0.25) is 0 Å². The molecule has 0 bridgehead atoms. The van der Waals surface area contributed by atoms with Crippen LogP contribution in [0.3, 0.4) is 0 Å². The Labute approximate surface area is 84.6 Å². The zero-order chi connectivity index (χ0) is 9.14. The Hall–Kier alpha value is -0.250. The minimum Gasteiger partial charge on any atom is -0.479 e. The highest BCUT2D eigenvalue weighted by molar-refractivity contribution is 6.43. The molecule has 0 radical (unpaired) electrons. The van der Waals surface area contributed by atoms with Crippen LogP contribution >= 0.6 is 34.8 Å². The van der Waals surface area contributed by atoms with Gasteiger partial charge in [0.1, 0.15) is 0 Å². The highest BCUT2D eigenvalue weighted by Crippen LogP contribution is 2.26. The van der Waals surface area contributed by atoms with Crippen LogP contribution in [0.1, 0.15) is 10.5 Å². The molecule has 0 amide bonds. The number of hydrogen-bond donors (Lipinski definition) is 0. The van der Waals surface area contributed by atoms with Crippen LogP contribution < -0.4 is 4.74 Å². The molecule has 3 nitrogen and oxygen atoms in total. The van der Waals surface area contributed by atoms with Crippen molar-refractivity contribution in [2.45, 2.75) is 4.84 Å². The molecular formula is C6H5Cl3N2O. The molecule has 1 heterocycles. The van der Waals surface area contributed by atoms with E-state index in [1.165, 1.54) is 13.3 Å². The molecule has 0 unspecified atom stereocenters. The van der Waals surface area contributed by atoms with E-state index in [1.54, 1.807) is 0 Å². The molecule has 0 saturated carbocycles. The van der Waals surface area contributed by atoms with E-state index in [1.807, 2.05) is 0 Å². The number of ether oxygens (including phenoxy) is 1. The predicted molar refractivity (Wildman–Crippen MR) is 48.0 cm³/mol. The predicted octanol–water partition coefficient (Wildman–Crippen LogP) is 2.61. The van der Waals surface area contributed by atoms with Crippen LogP contribution in [0.2, 0.25) is 5.15 Å². The van der Waals surface area contributed by atoms with Gasteiger partial charge in [0, 0.05) is 0 Å². The van der Waals surface area contributed by atoms with E-state index >= 15 is 0 Å². The third-order valence-corrected chi connectivity index (χ3v) is 1.83. The van der Waals surface area contributed by atoms with Gasteiger partial charge in [-0.25, -0.2) is 9.97 Å². The van der Waals surface area contributed by atoms with Crippen molar-refractivity contribution in [3.8, 4) is 5.88 Å². The lowest BCUT2D eigenvalue weighted by Crippen LogP contribution is -1.95. The van der Waals surface area contributed by atoms with Crippen LogP contribution in [0, 0.1) is 0 Å². The average molecular weight is 227 g/mol. The van der Waals surface area contributed by atoms with E-state index in [4.69, 9.17) is 39.5 Å². The van der Waals surface area contributed by atoms with Crippen molar-refractivity contribution < 1.29 is 4.74 Å². The summed E-state index contributed by atoms with van der Waals surface area (Å²) in [4.78, 5) is 6.97. The highest BCUT2D eigenvalue weighted by atomic mass is 35.5. The van der Waals surface area contributed by atoms with Crippen molar-refractivity contribution in [3.63, 3.8) is 0 Å². The Bertz CT molecular complexity index is 279. The lowest BCUT2D eigenvalue weighted by molar-refractivity contribution is 0.395. The molecule has 1 rings (SSSR count). The van der Waals surface area contributed by atoms with Crippen molar-refractivity contribution in [1.29, 1.82) is 0 Å². The Morgan fingerprint density at radius 3 is 2.58 bits per heavy atom. The minimum atomic E-state index is -0.721. The second-order valence-electron chi connectivity index (χ2n) is 1.90. The van der Waals surface area contributed by atoms with Gasteiger partial charge in [-0.15, -0.1) is 0 Å². The van der Waals surface area contributed by atoms with E-state index in [0.29, 0.717) is 5.69 Å². The number of alkyl halides is 2. The number of rotatable bonds is 2. The van der Waals surface area contributed by atoms with Gasteiger partial charge in [0.05, 0.1) is 19.0 Å². The molecule has 1 aromatic rings. The summed E-state index contributed by atoms with van der Waals surface area (Å²) in [6.45, 7) is 0. The lowest BCUT2D eigenvalue weighted by atomic mass is 10.5. The Balaban J connectivity index is 3.02. The number of halogens is 3. The third kappa shape index (κ3) is 2.12. The molecule has 1 aromatic heterocycles. The molecule has 0 N–H and O–H groups in total. The summed E-state index contributed by atoms with van der Waals surface area (Å²) in [7, 11) is 1.45. The second kappa shape index (κ2) is 4.12. The number of hydrogen-bond acceptors (Lipinski definition) is 3. The van der Waals surface area contributed by atoms with Crippen molar-refractivity contribution >= 4 is 34.8 Å². The summed E-state index contributed by atoms with van der Waals surface area (Å²) in [5.74, 6) is 0.259. The summed E-state index contributed by atoms with van der Waals surface area (Å²) in [5.41, 5.74) is 0.407. The quantitative estimate of drug-likeness (QED) is 0.729. The summed E-state index contributed by atoms with van der Waals surface area (Å²) >= 11 is 16.7. The van der Waals surface area contributed by atoms with Gasteiger partial charge in [0.15, 0.2) is 9.99 Å². The molecule has 0 aliphatic rings. The maximum Gasteiger partial charge on any atom is 0.251 e. The van der Waals surface area contributed by atoms with Gasteiger partial charge in [-0.1, -0.05) is 34.8 Å². The summed E-state index contributed by atoms with van der Waals surface area (Å²) in [6, 6.07) is 0. The summed E-state index contributed by atoms with van der Waals surface area (Å²) in [6.07, 6.45) is 1.41. The molecule has 66 valence electrons. The van der Waals surface area contributed by atoms with Crippen LogP contribution in [0.15, 0.2) is 6.20 Å². The summed E-state index contributed by atoms with van der Waals surface area (Å²) < 4.78 is 4.79. The van der Waals surface area contributed by atoms with Crippen LogP contribution in [0.5, 0.6) is 5.88 Å². The minimum absolute atomic E-state index is 0.154. The first-order valence-electron chi connectivity index (χ1n) is 2.99. The second-order valence-corrected chi connectivity index (χ2v) is 3.35. The average Bonchev–Trinajstić information content (AvgIpc) is 2.04. The van der Waals surface area contributed by atoms with Crippen LogP contribution in [-0.4, -0.2) is 17.1 Å². The largest absolute Gasteiger partial charge is 0.479 e. The smallest absolute Gasteiger partial charge is 0.251 e. The van der Waals surface area contributed by atoms with E-state index in [-0.39, 0.29) is 11.0 Å². The van der Waals surface area contributed by atoms with Crippen molar-refractivity contribution in [2.24, 2.45) is 0 Å². The lowest BCUT2D eigenvalue weighted by Gasteiger charge is -2.03. The first kappa shape index (κ1) is 9.84. The standard InChI is InChI=1S/C6H5Cl3N2O/c1-12-6-5(9)11-3(2-10-6)4(7)8/h2,4H,1H3. The number of methoxy groups -OCH3 is 1. The maximum atomic E-state index is 5.66. The first-order valence-corrected chi connectivity index (χ1v) is 4.24. The molecular weight excluding hydrogens is 222 g/mol. The Kier molecular flexibility index (Phi) is 3.38. The van der Waals surface area contributed by atoms with Gasteiger partial charge in [0.25, 0.3) is 5.88 Å².